The number of carbonyl (C=O) groups excluding carboxylic acids is 1. The van der Waals surface area contributed by atoms with E-state index < -0.39 is 18.0 Å². The molecule has 4 rings (SSSR count). The molecule has 10 nitrogen and oxygen atoms in total. The summed E-state index contributed by atoms with van der Waals surface area (Å²) in [5.74, 6) is -1.88. The van der Waals surface area contributed by atoms with Crippen molar-refractivity contribution in [3.05, 3.63) is 36.0 Å². The van der Waals surface area contributed by atoms with Gasteiger partial charge in [0, 0.05) is 61.9 Å². The fourth-order valence-electron chi connectivity index (χ4n) is 4.54. The summed E-state index contributed by atoms with van der Waals surface area (Å²) in [6, 6.07) is 6.38. The number of piperazine rings is 1. The number of carboxylic acid groups (broad SMARTS) is 2. The van der Waals surface area contributed by atoms with Gasteiger partial charge in [-0.2, -0.15) is 0 Å². The van der Waals surface area contributed by atoms with Crippen molar-refractivity contribution >= 4 is 28.7 Å². The summed E-state index contributed by atoms with van der Waals surface area (Å²) in [6.07, 6.45) is 1.64. The summed E-state index contributed by atoms with van der Waals surface area (Å²) in [5, 5.41) is 20.0. The maximum Gasteiger partial charge on any atom is 0.325 e. The van der Waals surface area contributed by atoms with Gasteiger partial charge in [0.2, 0.25) is 5.91 Å². The number of morpholine rings is 1. The molecule has 10 heteroatoms. The molecule has 3 heterocycles. The first-order valence-electron chi connectivity index (χ1n) is 10.8. The fraction of sp³-hybridized carbons (Fsp3) is 0.500. The molecule has 0 bridgehead atoms. The molecular formula is C22H28N4O6. The number of fused-ring (bicyclic) bond motifs is 1. The lowest BCUT2D eigenvalue weighted by molar-refractivity contribution is -0.145. The minimum Gasteiger partial charge on any atom is -0.480 e. The van der Waals surface area contributed by atoms with E-state index in [1.165, 1.54) is 0 Å². The zero-order valence-electron chi connectivity index (χ0n) is 17.9. The number of rotatable bonds is 7. The number of carboxylic acids is 2. The minimum atomic E-state index is -0.984. The number of amides is 1. The highest BCUT2D eigenvalue weighted by atomic mass is 16.5. The van der Waals surface area contributed by atoms with Crippen LogP contribution in [0.1, 0.15) is 11.6 Å². The van der Waals surface area contributed by atoms with Crippen molar-refractivity contribution in [1.29, 1.82) is 0 Å². The number of benzene rings is 1. The molecule has 1 amide bonds. The predicted octanol–water partition coefficient (Wildman–Crippen LogP) is 0.328. The second kappa shape index (κ2) is 9.68. The number of hydrogen-bond donors (Lipinski definition) is 2. The van der Waals surface area contributed by atoms with Gasteiger partial charge in [0.25, 0.3) is 0 Å². The van der Waals surface area contributed by atoms with Gasteiger partial charge in [0.1, 0.15) is 12.6 Å². The van der Waals surface area contributed by atoms with Gasteiger partial charge in [-0.3, -0.25) is 24.2 Å². The van der Waals surface area contributed by atoms with Gasteiger partial charge >= 0.3 is 11.9 Å². The average molecular weight is 444 g/mol. The van der Waals surface area contributed by atoms with Gasteiger partial charge in [0.05, 0.1) is 19.8 Å². The summed E-state index contributed by atoms with van der Waals surface area (Å²) >= 11 is 0. The van der Waals surface area contributed by atoms with E-state index in [1.54, 1.807) is 16.8 Å². The Morgan fingerprint density at radius 1 is 0.938 bits per heavy atom. The third-order valence-electron chi connectivity index (χ3n) is 6.15. The zero-order chi connectivity index (χ0) is 22.7. The Bertz CT molecular complexity index is 991. The van der Waals surface area contributed by atoms with Crippen LogP contribution in [-0.2, 0) is 25.7 Å². The molecule has 32 heavy (non-hydrogen) atoms. The average Bonchev–Trinajstić information content (AvgIpc) is 3.13. The SMILES string of the molecule is O=C(O)Cn1cc([C@H](C(=O)O)N2CCN(CC(=O)N3CCOCC3)CC2)c2ccccc21. The molecule has 0 spiro atoms. The van der Waals surface area contributed by atoms with E-state index in [2.05, 4.69) is 4.90 Å². The molecule has 2 aliphatic rings. The Hall–Kier alpha value is -2.95. The predicted molar refractivity (Wildman–Crippen MR) is 115 cm³/mol. The molecule has 2 N–H and O–H groups in total. The van der Waals surface area contributed by atoms with Gasteiger partial charge in [-0.1, -0.05) is 18.2 Å². The molecule has 1 atom stereocenters. The van der Waals surface area contributed by atoms with E-state index in [0.29, 0.717) is 70.1 Å². The van der Waals surface area contributed by atoms with Crippen LogP contribution in [0.25, 0.3) is 10.9 Å². The number of ether oxygens (including phenoxy) is 1. The maximum absolute atomic E-state index is 12.5. The van der Waals surface area contributed by atoms with Gasteiger partial charge < -0.3 is 24.4 Å². The van der Waals surface area contributed by atoms with E-state index in [-0.39, 0.29) is 12.5 Å². The molecule has 0 aliphatic carbocycles. The Labute approximate surface area is 185 Å². The van der Waals surface area contributed by atoms with Crippen LogP contribution in [0, 0.1) is 0 Å². The van der Waals surface area contributed by atoms with Crippen molar-refractivity contribution in [3.8, 4) is 0 Å². The van der Waals surface area contributed by atoms with Gasteiger partial charge in [0.15, 0.2) is 0 Å². The Kier molecular flexibility index (Phi) is 6.73. The van der Waals surface area contributed by atoms with E-state index >= 15 is 0 Å². The third-order valence-corrected chi connectivity index (χ3v) is 6.15. The first-order chi connectivity index (χ1) is 15.4. The number of aliphatic carboxylic acids is 2. The van der Waals surface area contributed by atoms with E-state index in [4.69, 9.17) is 4.74 Å². The van der Waals surface area contributed by atoms with Crippen LogP contribution in [0.3, 0.4) is 0 Å². The third kappa shape index (κ3) is 4.77. The fourth-order valence-corrected chi connectivity index (χ4v) is 4.54. The summed E-state index contributed by atoms with van der Waals surface area (Å²) in [6.45, 7) is 4.64. The quantitative estimate of drug-likeness (QED) is 0.628. The highest BCUT2D eigenvalue weighted by Crippen LogP contribution is 2.31. The Morgan fingerprint density at radius 2 is 1.62 bits per heavy atom. The summed E-state index contributed by atoms with van der Waals surface area (Å²) < 4.78 is 6.88. The smallest absolute Gasteiger partial charge is 0.325 e. The van der Waals surface area contributed by atoms with Crippen LogP contribution in [0.4, 0.5) is 0 Å². The van der Waals surface area contributed by atoms with E-state index in [0.717, 1.165) is 5.39 Å². The lowest BCUT2D eigenvalue weighted by Gasteiger charge is -2.38. The van der Waals surface area contributed by atoms with Gasteiger partial charge in [-0.05, 0) is 6.07 Å². The maximum atomic E-state index is 12.5. The van der Waals surface area contributed by atoms with Crippen LogP contribution < -0.4 is 0 Å². The number of aromatic nitrogens is 1. The second-order valence-electron chi connectivity index (χ2n) is 8.17. The number of hydrogen-bond acceptors (Lipinski definition) is 6. The summed E-state index contributed by atoms with van der Waals surface area (Å²) in [4.78, 5) is 41.8. The van der Waals surface area contributed by atoms with Crippen molar-refractivity contribution in [2.75, 3.05) is 59.0 Å². The first-order valence-corrected chi connectivity index (χ1v) is 10.8. The van der Waals surface area contributed by atoms with E-state index in [1.807, 2.05) is 28.0 Å². The molecular weight excluding hydrogens is 416 g/mol. The van der Waals surface area contributed by atoms with E-state index in [9.17, 15) is 24.6 Å². The largest absolute Gasteiger partial charge is 0.480 e. The normalized spacial score (nSPS) is 19.2. The van der Waals surface area contributed by atoms with Crippen LogP contribution in [0.15, 0.2) is 30.5 Å². The second-order valence-corrected chi connectivity index (χ2v) is 8.17. The molecule has 0 saturated carbocycles. The van der Waals surface area contributed by atoms with Crippen LogP contribution in [-0.4, -0.2) is 106 Å². The summed E-state index contributed by atoms with van der Waals surface area (Å²) in [5.41, 5.74) is 1.29. The molecule has 0 radical (unpaired) electrons. The van der Waals surface area contributed by atoms with Crippen molar-refractivity contribution < 1.29 is 29.3 Å². The molecule has 2 fully saturated rings. The van der Waals surface area contributed by atoms with Gasteiger partial charge in [-0.15, -0.1) is 0 Å². The van der Waals surface area contributed by atoms with Crippen molar-refractivity contribution in [2.24, 2.45) is 0 Å². The zero-order valence-corrected chi connectivity index (χ0v) is 17.9. The lowest BCUT2D eigenvalue weighted by Crippen LogP contribution is -2.52. The van der Waals surface area contributed by atoms with Crippen LogP contribution in [0.2, 0.25) is 0 Å². The topological polar surface area (TPSA) is 116 Å². The minimum absolute atomic E-state index is 0.0771. The molecule has 172 valence electrons. The molecule has 2 saturated heterocycles. The lowest BCUT2D eigenvalue weighted by atomic mass is 10.0. The molecule has 0 unspecified atom stereocenters. The van der Waals surface area contributed by atoms with Crippen molar-refractivity contribution in [3.63, 3.8) is 0 Å². The van der Waals surface area contributed by atoms with Crippen LogP contribution >= 0.6 is 0 Å². The first kappa shape index (κ1) is 22.3. The summed E-state index contributed by atoms with van der Waals surface area (Å²) in [7, 11) is 0. The van der Waals surface area contributed by atoms with Crippen LogP contribution in [0.5, 0.6) is 0 Å². The van der Waals surface area contributed by atoms with Crippen molar-refractivity contribution in [2.45, 2.75) is 12.6 Å². The highest BCUT2D eigenvalue weighted by Gasteiger charge is 2.33. The number of nitrogens with zero attached hydrogens (tertiary/aromatic N) is 4. The molecule has 1 aromatic heterocycles. The van der Waals surface area contributed by atoms with Crippen molar-refractivity contribution in [1.82, 2.24) is 19.3 Å². The number of para-hydroxylation sites is 1. The Morgan fingerprint density at radius 3 is 2.28 bits per heavy atom. The molecule has 2 aromatic rings. The molecule has 2 aliphatic heterocycles. The Balaban J connectivity index is 1.47. The highest BCUT2D eigenvalue weighted by molar-refractivity contribution is 5.90. The number of carbonyl (C=O) groups is 3. The van der Waals surface area contributed by atoms with Gasteiger partial charge in [-0.25, -0.2) is 0 Å². The standard InChI is InChI=1S/C22H28N4O6/c27-19(24-9-11-32-12-10-24)14-23-5-7-25(8-6-23)21(22(30)31)17-13-26(15-20(28)29)18-4-2-1-3-16(17)18/h1-4,13,21H,5-12,14-15H2,(H,28,29)(H,30,31)/t21-/m1/s1. The monoisotopic (exact) mass is 444 g/mol. The molecule has 1 aromatic carbocycles.